The van der Waals surface area contributed by atoms with Gasteiger partial charge in [0.05, 0.1) is 35.5 Å². The number of nitrogens with one attached hydrogen (secondary N) is 2. The van der Waals surface area contributed by atoms with Crippen LogP contribution in [0.1, 0.15) is 32.7 Å². The van der Waals surface area contributed by atoms with Crippen LogP contribution in [-0.2, 0) is 12.7 Å². The molecule has 41 heavy (non-hydrogen) atoms. The van der Waals surface area contributed by atoms with Crippen molar-refractivity contribution >= 4 is 40.0 Å². The molecular formula is C29H24F3N7O2. The molecule has 0 saturated carbocycles. The second-order valence-corrected chi connectivity index (χ2v) is 9.94. The molecule has 3 aromatic heterocycles. The number of anilines is 3. The third kappa shape index (κ3) is 4.66. The maximum atomic E-state index is 13.7. The Bertz CT molecular complexity index is 1840. The summed E-state index contributed by atoms with van der Waals surface area (Å²) in [6.07, 6.45) is 1.79. The standard InChI is InChI=1S/C29H24F3N7O2/c1-16-4-5-21(11-24(16)39-14-19-12-34-26-23(6-7-33-26)25(19)37(3)28(39)41)36-27(40)18-8-20(29(30,31)32)10-22(9-18)38-13-17(2)35-15-38/h4-13,15H,14H2,1-3H3,(H,33,34)(H,36,40). The number of rotatable bonds is 4. The van der Waals surface area contributed by atoms with Gasteiger partial charge >= 0.3 is 12.2 Å². The molecule has 0 spiro atoms. The molecule has 0 saturated heterocycles. The van der Waals surface area contributed by atoms with Crippen LogP contribution in [0.2, 0.25) is 0 Å². The van der Waals surface area contributed by atoms with Crippen molar-refractivity contribution < 1.29 is 22.8 Å². The van der Waals surface area contributed by atoms with Gasteiger partial charge in [0.1, 0.15) is 5.65 Å². The van der Waals surface area contributed by atoms with E-state index in [1.165, 1.54) is 17.0 Å². The SMILES string of the molecule is Cc1cn(-c2cc(C(=O)Nc3ccc(C)c(N4Cc5cnc6[nH]ccc6c5N(C)C4=O)c3)cc(C(F)(F)F)c2)cn1. The molecule has 208 valence electrons. The molecule has 1 aliphatic heterocycles. The van der Waals surface area contributed by atoms with E-state index in [9.17, 15) is 22.8 Å². The van der Waals surface area contributed by atoms with Crippen molar-refractivity contribution in [1.29, 1.82) is 0 Å². The normalized spacial score (nSPS) is 13.6. The van der Waals surface area contributed by atoms with E-state index < -0.39 is 17.6 Å². The summed E-state index contributed by atoms with van der Waals surface area (Å²) in [5.41, 5.74) is 3.60. The van der Waals surface area contributed by atoms with Gasteiger partial charge in [-0.2, -0.15) is 13.2 Å². The fraction of sp³-hybridized carbons (Fsp3) is 0.172. The van der Waals surface area contributed by atoms with Crippen LogP contribution in [0.25, 0.3) is 16.7 Å². The van der Waals surface area contributed by atoms with E-state index >= 15 is 0 Å². The number of hydrogen-bond acceptors (Lipinski definition) is 4. The Labute approximate surface area is 232 Å². The molecule has 9 nitrogen and oxygen atoms in total. The summed E-state index contributed by atoms with van der Waals surface area (Å²) < 4.78 is 42.5. The van der Waals surface area contributed by atoms with Crippen molar-refractivity contribution in [2.24, 2.45) is 0 Å². The van der Waals surface area contributed by atoms with Gasteiger partial charge in [0, 0.05) is 53.5 Å². The van der Waals surface area contributed by atoms with Crippen molar-refractivity contribution in [3.63, 3.8) is 0 Å². The van der Waals surface area contributed by atoms with Crippen LogP contribution in [-0.4, -0.2) is 38.5 Å². The Kier molecular flexibility index (Phi) is 6.05. The van der Waals surface area contributed by atoms with Gasteiger partial charge in [-0.3, -0.25) is 14.6 Å². The largest absolute Gasteiger partial charge is 0.416 e. The van der Waals surface area contributed by atoms with Crippen LogP contribution in [0.5, 0.6) is 0 Å². The van der Waals surface area contributed by atoms with Crippen LogP contribution >= 0.6 is 0 Å². The van der Waals surface area contributed by atoms with Crippen LogP contribution in [0.4, 0.5) is 35.0 Å². The van der Waals surface area contributed by atoms with E-state index in [1.807, 2.05) is 13.0 Å². The number of aromatic amines is 1. The van der Waals surface area contributed by atoms with Gasteiger partial charge in [0.25, 0.3) is 5.91 Å². The average molecular weight is 560 g/mol. The second-order valence-electron chi connectivity index (χ2n) is 9.94. The van der Waals surface area contributed by atoms with Crippen LogP contribution in [0.3, 0.4) is 0 Å². The Morgan fingerprint density at radius 3 is 2.61 bits per heavy atom. The van der Waals surface area contributed by atoms with Crippen molar-refractivity contribution in [2.45, 2.75) is 26.6 Å². The second kappa shape index (κ2) is 9.51. The number of aromatic nitrogens is 4. The fourth-order valence-electron chi connectivity index (χ4n) is 5.05. The number of amides is 3. The van der Waals surface area contributed by atoms with Crippen molar-refractivity contribution in [3.05, 3.63) is 95.3 Å². The number of halogens is 3. The zero-order chi connectivity index (χ0) is 29.1. The molecular weight excluding hydrogens is 535 g/mol. The highest BCUT2D eigenvalue weighted by Gasteiger charge is 2.33. The first-order valence-electron chi connectivity index (χ1n) is 12.6. The third-order valence-corrected chi connectivity index (χ3v) is 7.09. The number of carbonyl (C=O) groups is 2. The van der Waals surface area contributed by atoms with Gasteiger partial charge in [-0.15, -0.1) is 0 Å². The zero-order valence-electron chi connectivity index (χ0n) is 22.2. The van der Waals surface area contributed by atoms with Crippen LogP contribution in [0, 0.1) is 13.8 Å². The van der Waals surface area contributed by atoms with Crippen LogP contribution < -0.4 is 15.1 Å². The van der Waals surface area contributed by atoms with Crippen molar-refractivity contribution in [1.82, 2.24) is 19.5 Å². The maximum absolute atomic E-state index is 13.7. The molecule has 0 atom stereocenters. The predicted molar refractivity (Wildman–Crippen MR) is 149 cm³/mol. The fourth-order valence-corrected chi connectivity index (χ4v) is 5.05. The lowest BCUT2D eigenvalue weighted by Gasteiger charge is -2.36. The molecule has 4 heterocycles. The van der Waals surface area contributed by atoms with E-state index in [1.54, 1.807) is 60.6 Å². The summed E-state index contributed by atoms with van der Waals surface area (Å²) in [5, 5.41) is 3.53. The Hall–Kier alpha value is -5.13. The molecule has 0 unspecified atom stereocenters. The first kappa shape index (κ1) is 26.1. The molecule has 2 N–H and O–H groups in total. The monoisotopic (exact) mass is 559 g/mol. The van der Waals surface area contributed by atoms with Gasteiger partial charge in [-0.25, -0.2) is 14.8 Å². The van der Waals surface area contributed by atoms with E-state index in [-0.39, 0.29) is 23.8 Å². The highest BCUT2D eigenvalue weighted by Crippen LogP contribution is 2.37. The highest BCUT2D eigenvalue weighted by atomic mass is 19.4. The van der Waals surface area contributed by atoms with Crippen LogP contribution in [0.15, 0.2) is 67.4 Å². The quantitative estimate of drug-likeness (QED) is 0.273. The summed E-state index contributed by atoms with van der Waals surface area (Å²) in [6, 6.07) is 9.77. The number of carbonyl (C=O) groups excluding carboxylic acids is 2. The first-order chi connectivity index (χ1) is 19.5. The predicted octanol–water partition coefficient (Wildman–Crippen LogP) is 6.21. The minimum Gasteiger partial charge on any atom is -0.346 e. The summed E-state index contributed by atoms with van der Waals surface area (Å²) in [4.78, 5) is 41.4. The minimum atomic E-state index is -4.66. The first-order valence-corrected chi connectivity index (χ1v) is 12.6. The number of pyridine rings is 1. The van der Waals surface area contributed by atoms with Gasteiger partial charge in [0.15, 0.2) is 0 Å². The van der Waals surface area contributed by atoms with E-state index in [0.29, 0.717) is 22.7 Å². The average Bonchev–Trinajstić information content (AvgIpc) is 3.60. The molecule has 3 amide bonds. The number of benzene rings is 2. The van der Waals surface area contributed by atoms with Gasteiger partial charge in [-0.05, 0) is 55.8 Å². The molecule has 5 aromatic rings. The lowest BCUT2D eigenvalue weighted by Crippen LogP contribution is -2.45. The molecule has 0 bridgehead atoms. The summed E-state index contributed by atoms with van der Waals surface area (Å²) in [6.45, 7) is 3.81. The Morgan fingerprint density at radius 2 is 1.88 bits per heavy atom. The Balaban J connectivity index is 1.32. The Morgan fingerprint density at radius 1 is 1.07 bits per heavy atom. The third-order valence-electron chi connectivity index (χ3n) is 7.09. The zero-order valence-corrected chi connectivity index (χ0v) is 22.2. The molecule has 1 aliphatic rings. The number of fused-ring (bicyclic) bond motifs is 3. The number of alkyl halides is 3. The van der Waals surface area contributed by atoms with Gasteiger partial charge < -0.3 is 14.9 Å². The molecule has 6 rings (SSSR count). The minimum absolute atomic E-state index is 0.154. The van der Waals surface area contributed by atoms with E-state index in [2.05, 4.69) is 20.3 Å². The lowest BCUT2D eigenvalue weighted by molar-refractivity contribution is -0.137. The van der Waals surface area contributed by atoms with Crippen molar-refractivity contribution in [2.75, 3.05) is 22.2 Å². The summed E-state index contributed by atoms with van der Waals surface area (Å²) in [5.74, 6) is -0.726. The topological polar surface area (TPSA) is 99.1 Å². The summed E-state index contributed by atoms with van der Waals surface area (Å²) in [7, 11) is 1.69. The summed E-state index contributed by atoms with van der Waals surface area (Å²) >= 11 is 0. The molecule has 0 radical (unpaired) electrons. The number of urea groups is 1. The number of aryl methyl sites for hydroxylation is 2. The van der Waals surface area contributed by atoms with Gasteiger partial charge in [0.2, 0.25) is 0 Å². The molecule has 2 aromatic carbocycles. The lowest BCUT2D eigenvalue weighted by atomic mass is 10.1. The highest BCUT2D eigenvalue weighted by molar-refractivity contribution is 6.11. The van der Waals surface area contributed by atoms with E-state index in [0.717, 1.165) is 34.3 Å². The van der Waals surface area contributed by atoms with Crippen molar-refractivity contribution in [3.8, 4) is 5.69 Å². The smallest absolute Gasteiger partial charge is 0.346 e. The maximum Gasteiger partial charge on any atom is 0.416 e. The molecule has 0 aliphatic carbocycles. The van der Waals surface area contributed by atoms with Gasteiger partial charge in [-0.1, -0.05) is 6.07 Å². The molecule has 0 fully saturated rings. The number of hydrogen-bond donors (Lipinski definition) is 2. The molecule has 12 heteroatoms. The number of imidazole rings is 1. The number of H-pyrrole nitrogens is 1. The number of nitrogens with zero attached hydrogens (tertiary/aromatic N) is 5. The van der Waals surface area contributed by atoms with E-state index in [4.69, 9.17) is 0 Å².